The molecule has 0 bridgehead atoms. The van der Waals surface area contributed by atoms with Crippen molar-refractivity contribution in [1.82, 2.24) is 4.90 Å². The van der Waals surface area contributed by atoms with Gasteiger partial charge in [-0.25, -0.2) is 4.99 Å². The third kappa shape index (κ3) is 8.31. The average Bonchev–Trinajstić information content (AvgIpc) is 2.79. The molecule has 0 radical (unpaired) electrons. The molecule has 3 N–H and O–H groups in total. The van der Waals surface area contributed by atoms with Crippen LogP contribution >= 0.6 is 35.6 Å². The quantitative estimate of drug-likeness (QED) is 0.263. The minimum Gasteiger partial charge on any atom is -0.495 e. The number of hydrogen-bond donors (Lipinski definition) is 2. The summed E-state index contributed by atoms with van der Waals surface area (Å²) in [6.07, 6.45) is 2.17. The molecule has 2 aromatic carbocycles. The van der Waals surface area contributed by atoms with Crippen LogP contribution in [0.1, 0.15) is 18.4 Å². The average molecular weight is 575 g/mol. The van der Waals surface area contributed by atoms with Crippen molar-refractivity contribution in [3.05, 3.63) is 53.1 Å². The summed E-state index contributed by atoms with van der Waals surface area (Å²) in [6, 6.07) is 13.9. The third-order valence-electron chi connectivity index (χ3n) is 5.28. The van der Waals surface area contributed by atoms with Gasteiger partial charge in [-0.1, -0.05) is 23.7 Å². The van der Waals surface area contributed by atoms with Crippen LogP contribution in [0, 0.1) is 0 Å². The van der Waals surface area contributed by atoms with Gasteiger partial charge >= 0.3 is 0 Å². The van der Waals surface area contributed by atoms with Crippen LogP contribution in [0.5, 0.6) is 11.5 Å². The molecule has 0 unspecified atom stereocenters. The summed E-state index contributed by atoms with van der Waals surface area (Å²) in [7, 11) is 3.72. The van der Waals surface area contributed by atoms with Gasteiger partial charge in [0.15, 0.2) is 5.96 Å². The molecule has 7 nitrogen and oxygen atoms in total. The van der Waals surface area contributed by atoms with Gasteiger partial charge in [-0.3, -0.25) is 4.90 Å². The second-order valence-electron chi connectivity index (χ2n) is 7.50. The van der Waals surface area contributed by atoms with Gasteiger partial charge in [0.05, 0.1) is 18.7 Å². The van der Waals surface area contributed by atoms with Crippen LogP contribution in [0.4, 0.5) is 5.69 Å². The van der Waals surface area contributed by atoms with E-state index < -0.39 is 0 Å². The van der Waals surface area contributed by atoms with E-state index in [-0.39, 0.29) is 24.0 Å². The summed E-state index contributed by atoms with van der Waals surface area (Å²) in [6.45, 7) is 3.67. The molecule has 1 saturated heterocycles. The first-order valence-corrected chi connectivity index (χ1v) is 10.8. The van der Waals surface area contributed by atoms with Crippen LogP contribution in [0.3, 0.4) is 0 Å². The second-order valence-corrected chi connectivity index (χ2v) is 7.90. The maximum Gasteiger partial charge on any atom is 0.193 e. The van der Waals surface area contributed by atoms with Crippen molar-refractivity contribution in [3.8, 4) is 11.5 Å². The lowest BCUT2D eigenvalue weighted by molar-refractivity contribution is 0.0392. The number of ether oxygens (including phenoxy) is 3. The summed E-state index contributed by atoms with van der Waals surface area (Å²) >= 11 is 6.14. The topological polar surface area (TPSA) is 81.3 Å². The summed E-state index contributed by atoms with van der Waals surface area (Å²) < 4.78 is 16.5. The highest BCUT2D eigenvalue weighted by atomic mass is 127. The van der Waals surface area contributed by atoms with Gasteiger partial charge in [-0.15, -0.1) is 24.0 Å². The van der Waals surface area contributed by atoms with E-state index in [1.807, 2.05) is 30.3 Å². The summed E-state index contributed by atoms with van der Waals surface area (Å²) in [4.78, 5) is 6.76. The summed E-state index contributed by atoms with van der Waals surface area (Å²) in [5.74, 6) is 1.76. The second kappa shape index (κ2) is 13.7. The maximum atomic E-state index is 6.14. The fraction of sp³-hybridized carbons (Fsp3) is 0.435. The third-order valence-corrected chi connectivity index (χ3v) is 5.58. The molecular formula is C23H32ClIN4O3. The number of nitrogens with one attached hydrogen (secondary N) is 1. The number of likely N-dealkylation sites (N-methyl/N-ethyl adjacent to an activating group) is 1. The molecule has 9 heteroatoms. The predicted molar refractivity (Wildman–Crippen MR) is 141 cm³/mol. The molecule has 1 heterocycles. The highest BCUT2D eigenvalue weighted by molar-refractivity contribution is 14.0. The van der Waals surface area contributed by atoms with Crippen molar-refractivity contribution >= 4 is 47.2 Å². The molecular weight excluding hydrogens is 543 g/mol. The SMILES string of the molecule is COc1ccc(NC(N)=NCc2cccc(OCCN(C)C3CCOCC3)c2)cc1Cl.I. The molecule has 3 rings (SSSR count). The lowest BCUT2D eigenvalue weighted by atomic mass is 10.1. The highest BCUT2D eigenvalue weighted by Gasteiger charge is 2.17. The van der Waals surface area contributed by atoms with Gasteiger partial charge < -0.3 is 25.3 Å². The Morgan fingerprint density at radius 3 is 2.75 bits per heavy atom. The Hall–Kier alpha value is -1.75. The molecule has 32 heavy (non-hydrogen) atoms. The molecule has 0 atom stereocenters. The van der Waals surface area contributed by atoms with Crippen molar-refractivity contribution in [2.24, 2.45) is 10.7 Å². The number of rotatable bonds is 9. The fourth-order valence-electron chi connectivity index (χ4n) is 3.46. The van der Waals surface area contributed by atoms with Gasteiger partial charge in [0, 0.05) is 31.5 Å². The van der Waals surface area contributed by atoms with Gasteiger partial charge in [0.1, 0.15) is 18.1 Å². The number of anilines is 1. The van der Waals surface area contributed by atoms with Crippen molar-refractivity contribution in [2.45, 2.75) is 25.4 Å². The van der Waals surface area contributed by atoms with Crippen molar-refractivity contribution in [3.63, 3.8) is 0 Å². The number of guanidine groups is 1. The molecule has 0 saturated carbocycles. The number of benzene rings is 2. The monoisotopic (exact) mass is 574 g/mol. The lowest BCUT2D eigenvalue weighted by Gasteiger charge is -2.31. The lowest BCUT2D eigenvalue weighted by Crippen LogP contribution is -2.38. The van der Waals surface area contributed by atoms with Crippen molar-refractivity contribution < 1.29 is 14.2 Å². The molecule has 0 aromatic heterocycles. The molecule has 0 spiro atoms. The Bertz CT molecular complexity index is 878. The normalized spacial score (nSPS) is 14.7. The van der Waals surface area contributed by atoms with E-state index in [9.17, 15) is 0 Å². The first-order valence-electron chi connectivity index (χ1n) is 10.5. The van der Waals surface area contributed by atoms with E-state index in [0.29, 0.717) is 35.9 Å². The Labute approximate surface area is 212 Å². The Morgan fingerprint density at radius 2 is 2.03 bits per heavy atom. The molecule has 0 aliphatic carbocycles. The number of halogens is 2. The van der Waals surface area contributed by atoms with Crippen molar-refractivity contribution in [1.29, 1.82) is 0 Å². The van der Waals surface area contributed by atoms with E-state index in [1.54, 1.807) is 19.2 Å². The molecule has 1 aliphatic rings. The number of nitrogens with two attached hydrogens (primary N) is 1. The van der Waals surface area contributed by atoms with E-state index >= 15 is 0 Å². The molecule has 2 aromatic rings. The Kier molecular flexibility index (Phi) is 11.4. The van der Waals surface area contributed by atoms with Gasteiger partial charge in [0.25, 0.3) is 0 Å². The molecule has 0 amide bonds. The molecule has 176 valence electrons. The van der Waals surface area contributed by atoms with Gasteiger partial charge in [-0.05, 0) is 55.8 Å². The van der Waals surface area contributed by atoms with E-state index in [0.717, 1.165) is 49.6 Å². The van der Waals surface area contributed by atoms with E-state index in [2.05, 4.69) is 22.3 Å². The van der Waals surface area contributed by atoms with Crippen LogP contribution in [0.25, 0.3) is 0 Å². The van der Waals surface area contributed by atoms with Crippen LogP contribution in [0.2, 0.25) is 5.02 Å². The Morgan fingerprint density at radius 1 is 1.25 bits per heavy atom. The van der Waals surface area contributed by atoms with Crippen LogP contribution in [-0.4, -0.2) is 57.4 Å². The highest BCUT2D eigenvalue weighted by Crippen LogP contribution is 2.27. The largest absolute Gasteiger partial charge is 0.495 e. The summed E-state index contributed by atoms with van der Waals surface area (Å²) in [5.41, 5.74) is 7.78. The number of methoxy groups -OCH3 is 1. The zero-order chi connectivity index (χ0) is 22.1. The molecule has 1 aliphatic heterocycles. The number of hydrogen-bond acceptors (Lipinski definition) is 5. The summed E-state index contributed by atoms with van der Waals surface area (Å²) in [5, 5.41) is 3.55. The minimum atomic E-state index is 0. The van der Waals surface area contributed by atoms with Crippen LogP contribution < -0.4 is 20.5 Å². The first kappa shape index (κ1) is 26.5. The zero-order valence-electron chi connectivity index (χ0n) is 18.6. The standard InChI is InChI=1S/C23H31ClN4O3.HI/c1-28(19-8-11-30-12-9-19)10-13-31-20-5-3-4-17(14-20)16-26-23(25)27-18-6-7-22(29-2)21(24)15-18;/h3-7,14-15,19H,8-13,16H2,1-2H3,(H3,25,26,27);1H. The smallest absolute Gasteiger partial charge is 0.193 e. The molecule has 1 fully saturated rings. The van der Waals surface area contributed by atoms with Crippen LogP contribution in [0.15, 0.2) is 47.5 Å². The first-order chi connectivity index (χ1) is 15.0. The van der Waals surface area contributed by atoms with Crippen LogP contribution in [-0.2, 0) is 11.3 Å². The Balaban J connectivity index is 0.00000363. The number of nitrogens with zero attached hydrogens (tertiary/aromatic N) is 2. The maximum absolute atomic E-state index is 6.14. The van der Waals surface area contributed by atoms with E-state index in [1.165, 1.54) is 0 Å². The van der Waals surface area contributed by atoms with Gasteiger partial charge in [0.2, 0.25) is 0 Å². The fourth-order valence-corrected chi connectivity index (χ4v) is 3.72. The predicted octanol–water partition coefficient (Wildman–Crippen LogP) is 4.38. The van der Waals surface area contributed by atoms with Crippen molar-refractivity contribution in [2.75, 3.05) is 45.8 Å². The van der Waals surface area contributed by atoms with Gasteiger partial charge in [-0.2, -0.15) is 0 Å². The zero-order valence-corrected chi connectivity index (χ0v) is 21.6. The minimum absolute atomic E-state index is 0. The number of aliphatic imine (C=N–C) groups is 1. The van der Waals surface area contributed by atoms with E-state index in [4.69, 9.17) is 31.5 Å².